The van der Waals surface area contributed by atoms with Crippen molar-refractivity contribution < 1.29 is 22.9 Å². The van der Waals surface area contributed by atoms with Crippen molar-refractivity contribution in [2.75, 3.05) is 30.3 Å². The number of carbonyl (C=O) groups excluding carboxylic acids is 1. The second kappa shape index (κ2) is 11.1. The summed E-state index contributed by atoms with van der Waals surface area (Å²) < 4.78 is 31.1. The molecular weight excluding hydrogens is 458 g/mol. The lowest BCUT2D eigenvalue weighted by atomic mass is 10.1. The van der Waals surface area contributed by atoms with Crippen molar-refractivity contribution in [3.05, 3.63) is 62.7 Å². The molecule has 0 heterocycles. The first-order chi connectivity index (χ1) is 15.0. The van der Waals surface area contributed by atoms with Crippen molar-refractivity contribution in [2.24, 2.45) is 0 Å². The molecule has 32 heavy (non-hydrogen) atoms. The highest BCUT2D eigenvalue weighted by molar-refractivity contribution is 7.92. The summed E-state index contributed by atoms with van der Waals surface area (Å²) in [6.45, 7) is 4.50. The number of sulfonamides is 1. The number of anilines is 1. The number of benzene rings is 2. The Kier molecular flexibility index (Phi) is 8.85. The van der Waals surface area contributed by atoms with Gasteiger partial charge in [-0.05, 0) is 38.0 Å². The maximum atomic E-state index is 12.2. The van der Waals surface area contributed by atoms with E-state index in [4.69, 9.17) is 16.3 Å². The van der Waals surface area contributed by atoms with Gasteiger partial charge < -0.3 is 10.1 Å². The van der Waals surface area contributed by atoms with Crippen molar-refractivity contribution in [1.29, 1.82) is 0 Å². The maximum Gasteiger partial charge on any atom is 0.271 e. The van der Waals surface area contributed by atoms with Gasteiger partial charge in [0.25, 0.3) is 5.69 Å². The fourth-order valence-corrected chi connectivity index (χ4v) is 4.29. The van der Waals surface area contributed by atoms with Crippen LogP contribution in [0.3, 0.4) is 0 Å². The number of hydrogen-bond donors (Lipinski definition) is 1. The number of carbonyl (C=O) groups is 1. The quantitative estimate of drug-likeness (QED) is 0.296. The summed E-state index contributed by atoms with van der Waals surface area (Å²) in [5.41, 5.74) is 1.87. The Labute approximate surface area is 192 Å². The summed E-state index contributed by atoms with van der Waals surface area (Å²) in [6.07, 6.45) is 1.25. The molecule has 0 unspecified atom stereocenters. The van der Waals surface area contributed by atoms with E-state index in [9.17, 15) is 23.3 Å². The number of hydrogen-bond acceptors (Lipinski definition) is 6. The first-order valence-electron chi connectivity index (χ1n) is 9.87. The Morgan fingerprint density at radius 1 is 1.22 bits per heavy atom. The van der Waals surface area contributed by atoms with E-state index in [-0.39, 0.29) is 41.7 Å². The molecule has 174 valence electrons. The van der Waals surface area contributed by atoms with Gasteiger partial charge in [-0.1, -0.05) is 29.3 Å². The van der Waals surface area contributed by atoms with E-state index < -0.39 is 14.9 Å². The van der Waals surface area contributed by atoms with Gasteiger partial charge in [0.15, 0.2) is 0 Å². The van der Waals surface area contributed by atoms with Gasteiger partial charge >= 0.3 is 0 Å². The Bertz CT molecular complexity index is 1090. The summed E-state index contributed by atoms with van der Waals surface area (Å²) in [4.78, 5) is 22.5. The molecule has 0 aliphatic carbocycles. The van der Waals surface area contributed by atoms with E-state index >= 15 is 0 Å². The number of rotatable bonds is 11. The number of amides is 1. The predicted octanol–water partition coefficient (Wildman–Crippen LogP) is 3.61. The third kappa shape index (κ3) is 7.38. The summed E-state index contributed by atoms with van der Waals surface area (Å²) >= 11 is 6.08. The molecule has 0 aromatic heterocycles. The van der Waals surface area contributed by atoms with E-state index in [1.807, 2.05) is 32.0 Å². The SMILES string of the molecule is Cc1ccc(OCCNC(=O)CCCN(c2cc([N+](=O)[O-])ccc2Cl)S(C)(=O)=O)c(C)c1. The van der Waals surface area contributed by atoms with Crippen LogP contribution in [0.25, 0.3) is 0 Å². The number of nitrogens with zero attached hydrogens (tertiary/aromatic N) is 2. The zero-order chi connectivity index (χ0) is 23.9. The van der Waals surface area contributed by atoms with Crippen LogP contribution in [-0.4, -0.2) is 45.2 Å². The summed E-state index contributed by atoms with van der Waals surface area (Å²) in [7, 11) is -3.77. The van der Waals surface area contributed by atoms with E-state index in [2.05, 4.69) is 5.32 Å². The average Bonchev–Trinajstić information content (AvgIpc) is 2.69. The predicted molar refractivity (Wildman–Crippen MR) is 124 cm³/mol. The molecule has 2 aromatic rings. The highest BCUT2D eigenvalue weighted by Gasteiger charge is 2.22. The zero-order valence-corrected chi connectivity index (χ0v) is 19.7. The van der Waals surface area contributed by atoms with Crippen LogP contribution in [0.1, 0.15) is 24.0 Å². The molecule has 0 aliphatic rings. The van der Waals surface area contributed by atoms with E-state index in [0.717, 1.165) is 33.5 Å². The minimum absolute atomic E-state index is 0.00522. The van der Waals surface area contributed by atoms with Crippen LogP contribution in [0.2, 0.25) is 5.02 Å². The number of ether oxygens (including phenoxy) is 1. The van der Waals surface area contributed by atoms with Gasteiger partial charge in [-0.2, -0.15) is 0 Å². The smallest absolute Gasteiger partial charge is 0.271 e. The minimum Gasteiger partial charge on any atom is -0.491 e. The lowest BCUT2D eigenvalue weighted by Gasteiger charge is -2.23. The summed E-state index contributed by atoms with van der Waals surface area (Å²) in [5.74, 6) is 0.496. The molecule has 9 nitrogen and oxygen atoms in total. The summed E-state index contributed by atoms with van der Waals surface area (Å²) in [5, 5.41) is 13.8. The van der Waals surface area contributed by atoms with Gasteiger partial charge in [-0.3, -0.25) is 19.2 Å². The topological polar surface area (TPSA) is 119 Å². The van der Waals surface area contributed by atoms with Crippen LogP contribution < -0.4 is 14.4 Å². The molecule has 0 saturated carbocycles. The van der Waals surface area contributed by atoms with Crippen LogP contribution in [0.4, 0.5) is 11.4 Å². The number of nitrogens with one attached hydrogen (secondary N) is 1. The van der Waals surface area contributed by atoms with Gasteiger partial charge in [0, 0.05) is 25.1 Å². The number of nitro benzene ring substituents is 1. The molecule has 1 amide bonds. The second-order valence-corrected chi connectivity index (χ2v) is 9.61. The molecule has 0 fully saturated rings. The van der Waals surface area contributed by atoms with Crippen molar-refractivity contribution >= 4 is 38.9 Å². The monoisotopic (exact) mass is 483 g/mol. The van der Waals surface area contributed by atoms with Gasteiger partial charge in [-0.15, -0.1) is 0 Å². The molecule has 2 rings (SSSR count). The molecule has 0 aliphatic heterocycles. The minimum atomic E-state index is -3.77. The van der Waals surface area contributed by atoms with E-state index in [1.165, 1.54) is 12.1 Å². The normalized spacial score (nSPS) is 11.1. The summed E-state index contributed by atoms with van der Waals surface area (Å²) in [6, 6.07) is 9.41. The number of non-ortho nitro benzene ring substituents is 1. The van der Waals surface area contributed by atoms with Crippen molar-refractivity contribution in [3.63, 3.8) is 0 Å². The first-order valence-corrected chi connectivity index (χ1v) is 12.1. The molecule has 1 N–H and O–H groups in total. The molecule has 0 atom stereocenters. The fourth-order valence-electron chi connectivity index (χ4n) is 3.05. The van der Waals surface area contributed by atoms with Gasteiger partial charge in [0.2, 0.25) is 15.9 Å². The number of nitro groups is 1. The average molecular weight is 484 g/mol. The molecule has 0 spiro atoms. The highest BCUT2D eigenvalue weighted by Crippen LogP contribution is 2.31. The second-order valence-electron chi connectivity index (χ2n) is 7.30. The van der Waals surface area contributed by atoms with E-state index in [1.54, 1.807) is 0 Å². The van der Waals surface area contributed by atoms with Gasteiger partial charge in [0.1, 0.15) is 12.4 Å². The lowest BCUT2D eigenvalue weighted by molar-refractivity contribution is -0.384. The highest BCUT2D eigenvalue weighted by atomic mass is 35.5. The van der Waals surface area contributed by atoms with Gasteiger partial charge in [0.05, 0.1) is 28.4 Å². The lowest BCUT2D eigenvalue weighted by Crippen LogP contribution is -2.33. The third-order valence-electron chi connectivity index (χ3n) is 4.59. The zero-order valence-electron chi connectivity index (χ0n) is 18.1. The molecule has 0 radical (unpaired) electrons. The Morgan fingerprint density at radius 3 is 2.56 bits per heavy atom. The molecule has 2 aromatic carbocycles. The van der Waals surface area contributed by atoms with Gasteiger partial charge in [-0.25, -0.2) is 8.42 Å². The van der Waals surface area contributed by atoms with Crippen molar-refractivity contribution in [2.45, 2.75) is 26.7 Å². The molecule has 0 saturated heterocycles. The molecule has 11 heteroatoms. The Hall–Kier alpha value is -2.85. The maximum absolute atomic E-state index is 12.2. The Morgan fingerprint density at radius 2 is 1.94 bits per heavy atom. The largest absolute Gasteiger partial charge is 0.491 e. The van der Waals surface area contributed by atoms with Crippen LogP contribution in [0.5, 0.6) is 5.75 Å². The van der Waals surface area contributed by atoms with Crippen molar-refractivity contribution in [3.8, 4) is 5.75 Å². The van der Waals surface area contributed by atoms with E-state index in [0.29, 0.717) is 13.2 Å². The Balaban J connectivity index is 1.87. The fraction of sp³-hybridized carbons (Fsp3) is 0.381. The number of aryl methyl sites for hydroxylation is 2. The molecule has 0 bridgehead atoms. The number of halogens is 1. The third-order valence-corrected chi connectivity index (χ3v) is 6.09. The van der Waals surface area contributed by atoms with Crippen LogP contribution >= 0.6 is 11.6 Å². The molecular formula is C21H26ClN3O6S. The van der Waals surface area contributed by atoms with Crippen LogP contribution in [-0.2, 0) is 14.8 Å². The van der Waals surface area contributed by atoms with Crippen LogP contribution in [0, 0.1) is 24.0 Å². The first kappa shape index (κ1) is 25.4. The van der Waals surface area contributed by atoms with Crippen LogP contribution in [0.15, 0.2) is 36.4 Å². The van der Waals surface area contributed by atoms with Crippen molar-refractivity contribution in [1.82, 2.24) is 5.32 Å². The standard InChI is InChI=1S/C21H26ClN3O6S/c1-15-6-9-20(16(2)13-15)31-12-10-23-21(26)5-4-11-24(32(3,29)30)19-14-17(25(27)28)7-8-18(19)22/h6-9,13-14H,4-5,10-12H2,1-3H3,(H,23,26).